The lowest BCUT2D eigenvalue weighted by molar-refractivity contribution is -0.384. The average Bonchev–Trinajstić information content (AvgIpc) is 2.73. The molecule has 2 aromatic carbocycles. The number of halogens is 1. The summed E-state index contributed by atoms with van der Waals surface area (Å²) in [5, 5.41) is 13.5. The van der Waals surface area contributed by atoms with Gasteiger partial charge in [0.05, 0.1) is 10.6 Å². The highest BCUT2D eigenvalue weighted by Gasteiger charge is 2.18. The van der Waals surface area contributed by atoms with Crippen LogP contribution in [0, 0.1) is 15.9 Å². The number of piperazine rings is 1. The number of hydrogen-bond acceptors (Lipinski definition) is 5. The largest absolute Gasteiger partial charge is 0.367 e. The standard InChI is InChI=1S/C21H23FN4O3/c22-19-3-1-2-4-20(19)25-15-13-24(14-16-25)12-11-23-21(27)10-7-17-5-8-18(9-6-17)26(28)29/h1-10H,11-16H2,(H,23,27)/b10-7+. The van der Waals surface area contributed by atoms with Crippen molar-refractivity contribution >= 4 is 23.4 Å². The smallest absolute Gasteiger partial charge is 0.269 e. The van der Waals surface area contributed by atoms with Gasteiger partial charge in [0, 0.05) is 57.5 Å². The van der Waals surface area contributed by atoms with E-state index in [1.165, 1.54) is 24.3 Å². The number of non-ortho nitro benzene ring substituents is 1. The minimum absolute atomic E-state index is 0.0155. The second kappa shape index (κ2) is 9.79. The molecule has 7 nitrogen and oxygen atoms in total. The Bertz CT molecular complexity index is 878. The van der Waals surface area contributed by atoms with Crippen LogP contribution in [-0.4, -0.2) is 55.0 Å². The molecule has 3 rings (SSSR count). The maximum absolute atomic E-state index is 13.9. The Hall–Kier alpha value is -3.26. The predicted octanol–water partition coefficient (Wildman–Crippen LogP) is 2.69. The van der Waals surface area contributed by atoms with Crippen LogP contribution in [0.1, 0.15) is 5.56 Å². The molecule has 0 spiro atoms. The van der Waals surface area contributed by atoms with Gasteiger partial charge in [0.15, 0.2) is 0 Å². The van der Waals surface area contributed by atoms with Crippen LogP contribution in [0.2, 0.25) is 0 Å². The summed E-state index contributed by atoms with van der Waals surface area (Å²) in [4.78, 5) is 26.4. The van der Waals surface area contributed by atoms with Crippen LogP contribution in [0.5, 0.6) is 0 Å². The summed E-state index contributed by atoms with van der Waals surface area (Å²) in [6.45, 7) is 4.35. The fourth-order valence-corrected chi connectivity index (χ4v) is 3.20. The first-order chi connectivity index (χ1) is 14.0. The molecule has 1 aliphatic heterocycles. The second-order valence-electron chi connectivity index (χ2n) is 6.75. The van der Waals surface area contributed by atoms with Crippen LogP contribution < -0.4 is 10.2 Å². The van der Waals surface area contributed by atoms with Gasteiger partial charge < -0.3 is 10.2 Å². The minimum atomic E-state index is -0.462. The number of hydrogen-bond donors (Lipinski definition) is 1. The minimum Gasteiger partial charge on any atom is -0.367 e. The Morgan fingerprint density at radius 3 is 2.45 bits per heavy atom. The number of amides is 1. The lowest BCUT2D eigenvalue weighted by atomic mass is 10.2. The topological polar surface area (TPSA) is 78.7 Å². The Kier molecular flexibility index (Phi) is 6.91. The Labute approximate surface area is 168 Å². The molecule has 1 aliphatic rings. The first kappa shape index (κ1) is 20.5. The van der Waals surface area contributed by atoms with Crippen molar-refractivity contribution in [3.63, 3.8) is 0 Å². The number of benzene rings is 2. The molecule has 0 bridgehead atoms. The highest BCUT2D eigenvalue weighted by atomic mass is 19.1. The molecule has 1 fully saturated rings. The normalized spacial score (nSPS) is 14.9. The van der Waals surface area contributed by atoms with Crippen molar-refractivity contribution in [2.75, 3.05) is 44.2 Å². The molecule has 152 valence electrons. The summed E-state index contributed by atoms with van der Waals surface area (Å²) >= 11 is 0. The molecule has 29 heavy (non-hydrogen) atoms. The summed E-state index contributed by atoms with van der Waals surface area (Å²) in [5.74, 6) is -0.415. The summed E-state index contributed by atoms with van der Waals surface area (Å²) in [6.07, 6.45) is 3.03. The van der Waals surface area contributed by atoms with Gasteiger partial charge in [-0.15, -0.1) is 0 Å². The van der Waals surface area contributed by atoms with Gasteiger partial charge in [0.25, 0.3) is 5.69 Å². The molecular formula is C21H23FN4O3. The summed E-state index contributed by atoms with van der Waals surface area (Å²) in [5.41, 5.74) is 1.37. The fraction of sp³-hybridized carbons (Fsp3) is 0.286. The molecule has 0 aliphatic carbocycles. The zero-order chi connectivity index (χ0) is 20.6. The van der Waals surface area contributed by atoms with Crippen molar-refractivity contribution in [3.8, 4) is 0 Å². The number of nitro benzene ring substituents is 1. The third kappa shape index (κ3) is 5.86. The lowest BCUT2D eigenvalue weighted by Gasteiger charge is -2.36. The van der Waals surface area contributed by atoms with Crippen LogP contribution >= 0.6 is 0 Å². The molecule has 1 amide bonds. The van der Waals surface area contributed by atoms with Crippen LogP contribution in [0.4, 0.5) is 15.8 Å². The van der Waals surface area contributed by atoms with Crippen molar-refractivity contribution < 1.29 is 14.1 Å². The lowest BCUT2D eigenvalue weighted by Crippen LogP contribution is -2.48. The zero-order valence-electron chi connectivity index (χ0n) is 16.0. The van der Waals surface area contributed by atoms with Gasteiger partial charge in [-0.1, -0.05) is 12.1 Å². The fourth-order valence-electron chi connectivity index (χ4n) is 3.20. The van der Waals surface area contributed by atoms with Crippen molar-refractivity contribution in [1.82, 2.24) is 10.2 Å². The maximum Gasteiger partial charge on any atom is 0.269 e. The maximum atomic E-state index is 13.9. The molecule has 0 atom stereocenters. The third-order valence-corrected chi connectivity index (χ3v) is 4.82. The van der Waals surface area contributed by atoms with Gasteiger partial charge in [0.1, 0.15) is 5.82 Å². The van der Waals surface area contributed by atoms with Crippen LogP contribution in [0.25, 0.3) is 6.08 Å². The highest BCUT2D eigenvalue weighted by Crippen LogP contribution is 2.20. The van der Waals surface area contributed by atoms with Crippen LogP contribution in [0.3, 0.4) is 0 Å². The number of carbonyl (C=O) groups is 1. The first-order valence-corrected chi connectivity index (χ1v) is 9.45. The van der Waals surface area contributed by atoms with Crippen molar-refractivity contribution in [2.45, 2.75) is 0 Å². The molecule has 1 N–H and O–H groups in total. The Morgan fingerprint density at radius 1 is 1.10 bits per heavy atom. The van der Waals surface area contributed by atoms with E-state index in [0.29, 0.717) is 12.2 Å². The molecule has 2 aromatic rings. The molecule has 0 unspecified atom stereocenters. The van der Waals surface area contributed by atoms with Crippen molar-refractivity contribution in [2.24, 2.45) is 0 Å². The van der Waals surface area contributed by atoms with Gasteiger partial charge in [-0.05, 0) is 35.9 Å². The van der Waals surface area contributed by atoms with E-state index in [-0.39, 0.29) is 17.4 Å². The molecular weight excluding hydrogens is 375 g/mol. The predicted molar refractivity (Wildman–Crippen MR) is 110 cm³/mol. The molecule has 0 saturated carbocycles. The number of nitrogens with zero attached hydrogens (tertiary/aromatic N) is 3. The van der Waals surface area contributed by atoms with Crippen molar-refractivity contribution in [3.05, 3.63) is 76.1 Å². The Morgan fingerprint density at radius 2 is 1.79 bits per heavy atom. The molecule has 1 heterocycles. The number of rotatable bonds is 7. The van der Waals surface area contributed by atoms with Gasteiger partial charge in [-0.25, -0.2) is 4.39 Å². The van der Waals surface area contributed by atoms with E-state index < -0.39 is 4.92 Å². The number of anilines is 1. The van der Waals surface area contributed by atoms with Gasteiger partial charge in [-0.2, -0.15) is 0 Å². The highest BCUT2D eigenvalue weighted by molar-refractivity contribution is 5.91. The van der Waals surface area contributed by atoms with E-state index in [1.54, 1.807) is 30.3 Å². The average molecular weight is 398 g/mol. The Balaban J connectivity index is 1.37. The van der Waals surface area contributed by atoms with E-state index in [0.717, 1.165) is 38.3 Å². The number of nitrogens with one attached hydrogen (secondary N) is 1. The second-order valence-corrected chi connectivity index (χ2v) is 6.75. The number of carbonyl (C=O) groups excluding carboxylic acids is 1. The summed E-state index contributed by atoms with van der Waals surface area (Å²) in [6, 6.07) is 12.8. The van der Waals surface area contributed by atoms with E-state index in [9.17, 15) is 19.3 Å². The molecule has 0 aromatic heterocycles. The SMILES string of the molecule is O=C(/C=C/c1ccc([N+](=O)[O-])cc1)NCCN1CCN(c2ccccc2F)CC1. The molecule has 1 saturated heterocycles. The van der Waals surface area contributed by atoms with E-state index in [2.05, 4.69) is 10.2 Å². The number of para-hydroxylation sites is 1. The molecule has 8 heteroatoms. The third-order valence-electron chi connectivity index (χ3n) is 4.82. The summed E-state index contributed by atoms with van der Waals surface area (Å²) in [7, 11) is 0. The van der Waals surface area contributed by atoms with E-state index >= 15 is 0 Å². The van der Waals surface area contributed by atoms with Crippen LogP contribution in [-0.2, 0) is 4.79 Å². The van der Waals surface area contributed by atoms with E-state index in [1.807, 2.05) is 11.0 Å². The van der Waals surface area contributed by atoms with Gasteiger partial charge in [0.2, 0.25) is 5.91 Å². The monoisotopic (exact) mass is 398 g/mol. The number of nitro groups is 1. The quantitative estimate of drug-likeness (QED) is 0.441. The van der Waals surface area contributed by atoms with Crippen molar-refractivity contribution in [1.29, 1.82) is 0 Å². The van der Waals surface area contributed by atoms with Gasteiger partial charge in [-0.3, -0.25) is 19.8 Å². The zero-order valence-corrected chi connectivity index (χ0v) is 16.0. The van der Waals surface area contributed by atoms with E-state index in [4.69, 9.17) is 0 Å². The molecule has 0 radical (unpaired) electrons. The van der Waals surface area contributed by atoms with Crippen LogP contribution in [0.15, 0.2) is 54.6 Å². The first-order valence-electron chi connectivity index (χ1n) is 9.45. The summed E-state index contributed by atoms with van der Waals surface area (Å²) < 4.78 is 13.9. The van der Waals surface area contributed by atoms with Gasteiger partial charge >= 0.3 is 0 Å².